The second-order valence-electron chi connectivity index (χ2n) is 5.44. The maximum absolute atomic E-state index is 11.0. The lowest BCUT2D eigenvalue weighted by molar-refractivity contribution is 0.112. The molecule has 3 rings (SSSR count). The van der Waals surface area contributed by atoms with Crippen LogP contribution in [0.5, 0.6) is 0 Å². The summed E-state index contributed by atoms with van der Waals surface area (Å²) in [6, 6.07) is 15.9. The van der Waals surface area contributed by atoms with Gasteiger partial charge in [0, 0.05) is 6.20 Å². The van der Waals surface area contributed by atoms with Gasteiger partial charge in [-0.15, -0.1) is 0 Å². The molecule has 0 radical (unpaired) electrons. The van der Waals surface area contributed by atoms with E-state index in [1.54, 1.807) is 23.9 Å². The zero-order valence-electron chi connectivity index (χ0n) is 12.9. The van der Waals surface area contributed by atoms with Crippen molar-refractivity contribution in [1.82, 2.24) is 9.78 Å². The molecule has 0 aliphatic rings. The molecule has 2 aromatic carbocycles. The Hall–Kier alpha value is -3.19. The molecule has 23 heavy (non-hydrogen) atoms. The smallest absolute Gasteiger partial charge is 0.153 e. The van der Waals surface area contributed by atoms with E-state index in [1.807, 2.05) is 43.3 Å². The summed E-state index contributed by atoms with van der Waals surface area (Å²) in [4.78, 5) is 11.0. The fraction of sp³-hybridized carbons (Fsp3) is 0.105. The fourth-order valence-electron chi connectivity index (χ4n) is 2.47. The summed E-state index contributed by atoms with van der Waals surface area (Å²) in [5.74, 6) is 0. The number of nitriles is 1. The van der Waals surface area contributed by atoms with Crippen molar-refractivity contribution in [3.63, 3.8) is 0 Å². The van der Waals surface area contributed by atoms with Gasteiger partial charge in [0.2, 0.25) is 0 Å². The molecule has 0 fully saturated rings. The summed E-state index contributed by atoms with van der Waals surface area (Å²) in [5.41, 5.74) is 5.62. The van der Waals surface area contributed by atoms with Crippen LogP contribution in [-0.4, -0.2) is 16.1 Å². The topological polar surface area (TPSA) is 58.7 Å². The third-order valence-electron chi connectivity index (χ3n) is 3.81. The van der Waals surface area contributed by atoms with Crippen molar-refractivity contribution in [2.75, 3.05) is 0 Å². The van der Waals surface area contributed by atoms with Crippen molar-refractivity contribution < 1.29 is 4.79 Å². The van der Waals surface area contributed by atoms with Gasteiger partial charge in [0.15, 0.2) is 6.29 Å². The lowest BCUT2D eigenvalue weighted by atomic mass is 9.99. The number of carbonyl (C=O) groups excluding carboxylic acids is 1. The number of carbonyl (C=O) groups is 1. The first kappa shape index (κ1) is 14.7. The molecule has 0 unspecified atom stereocenters. The Morgan fingerprint density at radius 1 is 1.13 bits per heavy atom. The Kier molecular flexibility index (Phi) is 3.78. The molecular formula is C19H15N3O. The van der Waals surface area contributed by atoms with Gasteiger partial charge in [0.25, 0.3) is 0 Å². The summed E-state index contributed by atoms with van der Waals surface area (Å²) in [6.07, 6.45) is 2.45. The third kappa shape index (κ3) is 2.77. The molecule has 0 saturated carbocycles. The van der Waals surface area contributed by atoms with Crippen LogP contribution in [-0.2, 0) is 0 Å². The minimum atomic E-state index is 0.547. The van der Waals surface area contributed by atoms with E-state index in [1.165, 1.54) is 5.56 Å². The lowest BCUT2D eigenvalue weighted by Crippen LogP contribution is -1.96. The molecular weight excluding hydrogens is 286 g/mol. The van der Waals surface area contributed by atoms with Crippen LogP contribution in [0.3, 0.4) is 0 Å². The Balaban J connectivity index is 2.07. The van der Waals surface area contributed by atoms with E-state index in [-0.39, 0.29) is 0 Å². The second kappa shape index (κ2) is 5.90. The maximum atomic E-state index is 11.0. The van der Waals surface area contributed by atoms with Crippen molar-refractivity contribution in [3.8, 4) is 22.9 Å². The van der Waals surface area contributed by atoms with Crippen LogP contribution in [0.15, 0.2) is 48.7 Å². The molecule has 0 aliphatic carbocycles. The monoisotopic (exact) mass is 301 g/mol. The van der Waals surface area contributed by atoms with Gasteiger partial charge in [-0.1, -0.05) is 35.9 Å². The van der Waals surface area contributed by atoms with Crippen molar-refractivity contribution in [3.05, 3.63) is 71.0 Å². The highest BCUT2D eigenvalue weighted by Gasteiger charge is 2.10. The first-order chi connectivity index (χ1) is 11.1. The molecule has 0 saturated heterocycles. The van der Waals surface area contributed by atoms with Crippen LogP contribution in [0.2, 0.25) is 0 Å². The summed E-state index contributed by atoms with van der Waals surface area (Å²) >= 11 is 0. The van der Waals surface area contributed by atoms with Crippen LogP contribution in [0, 0.1) is 25.2 Å². The van der Waals surface area contributed by atoms with Gasteiger partial charge in [0.1, 0.15) is 0 Å². The quantitative estimate of drug-likeness (QED) is 0.691. The largest absolute Gasteiger partial charge is 0.298 e. The average Bonchev–Trinajstić information content (AvgIpc) is 2.96. The van der Waals surface area contributed by atoms with Crippen LogP contribution < -0.4 is 0 Å². The summed E-state index contributed by atoms with van der Waals surface area (Å²) in [6.45, 7) is 3.81. The predicted octanol–water partition coefficient (Wildman–Crippen LogP) is 3.84. The number of benzene rings is 2. The third-order valence-corrected chi connectivity index (χ3v) is 3.81. The van der Waals surface area contributed by atoms with Crippen LogP contribution in [0.4, 0.5) is 0 Å². The fourth-order valence-corrected chi connectivity index (χ4v) is 2.47. The molecule has 0 aliphatic heterocycles. The molecule has 4 heteroatoms. The average molecular weight is 301 g/mol. The summed E-state index contributed by atoms with van der Waals surface area (Å²) in [7, 11) is 0. The van der Waals surface area contributed by atoms with Gasteiger partial charge in [-0.05, 0) is 37.1 Å². The normalized spacial score (nSPS) is 10.3. The molecule has 0 N–H and O–H groups in total. The van der Waals surface area contributed by atoms with Crippen molar-refractivity contribution in [1.29, 1.82) is 5.26 Å². The Bertz CT molecular complexity index is 915. The molecule has 0 bridgehead atoms. The van der Waals surface area contributed by atoms with E-state index in [2.05, 4.69) is 11.2 Å². The van der Waals surface area contributed by atoms with E-state index < -0.39 is 0 Å². The maximum Gasteiger partial charge on any atom is 0.153 e. The highest BCUT2D eigenvalue weighted by molar-refractivity contribution is 5.76. The molecule has 1 aromatic heterocycles. The van der Waals surface area contributed by atoms with E-state index in [0.29, 0.717) is 16.8 Å². The van der Waals surface area contributed by atoms with Gasteiger partial charge in [-0.25, -0.2) is 4.68 Å². The standard InChI is InChI=1S/C19H15N3O/c1-13-3-5-15(6-4-13)19-8-7-18(9-16(19)10-20)22-11-17(12-23)14(2)21-22/h3-9,11-12H,1-2H3. The number of hydrogen-bond donors (Lipinski definition) is 0. The molecule has 3 aromatic rings. The molecule has 0 atom stereocenters. The van der Waals surface area contributed by atoms with Crippen LogP contribution in [0.1, 0.15) is 27.2 Å². The molecule has 4 nitrogen and oxygen atoms in total. The van der Waals surface area contributed by atoms with Gasteiger partial charge >= 0.3 is 0 Å². The number of rotatable bonds is 3. The van der Waals surface area contributed by atoms with Gasteiger partial charge in [0.05, 0.1) is 28.6 Å². The summed E-state index contributed by atoms with van der Waals surface area (Å²) in [5, 5.41) is 13.8. The number of nitrogens with zero attached hydrogens (tertiary/aromatic N) is 3. The van der Waals surface area contributed by atoms with Crippen molar-refractivity contribution in [2.45, 2.75) is 13.8 Å². The minimum Gasteiger partial charge on any atom is -0.298 e. The van der Waals surface area contributed by atoms with Crippen LogP contribution >= 0.6 is 0 Å². The first-order valence-corrected chi connectivity index (χ1v) is 7.25. The Morgan fingerprint density at radius 3 is 2.48 bits per heavy atom. The molecule has 112 valence electrons. The van der Waals surface area contributed by atoms with E-state index >= 15 is 0 Å². The number of aromatic nitrogens is 2. The van der Waals surface area contributed by atoms with Crippen LogP contribution in [0.25, 0.3) is 16.8 Å². The minimum absolute atomic E-state index is 0.547. The molecule has 0 spiro atoms. The Labute approximate surface area is 134 Å². The van der Waals surface area contributed by atoms with E-state index in [9.17, 15) is 10.1 Å². The lowest BCUT2D eigenvalue weighted by Gasteiger charge is -2.08. The zero-order valence-corrected chi connectivity index (χ0v) is 12.9. The van der Waals surface area contributed by atoms with E-state index in [0.717, 1.165) is 23.1 Å². The second-order valence-corrected chi connectivity index (χ2v) is 5.44. The van der Waals surface area contributed by atoms with Gasteiger partial charge < -0.3 is 0 Å². The summed E-state index contributed by atoms with van der Waals surface area (Å²) < 4.78 is 1.62. The number of aryl methyl sites for hydroxylation is 2. The predicted molar refractivity (Wildman–Crippen MR) is 88.6 cm³/mol. The van der Waals surface area contributed by atoms with Crippen molar-refractivity contribution >= 4 is 6.29 Å². The molecule has 0 amide bonds. The number of aldehydes is 1. The first-order valence-electron chi connectivity index (χ1n) is 7.25. The SMILES string of the molecule is Cc1ccc(-c2ccc(-n3cc(C=O)c(C)n3)cc2C#N)cc1. The highest BCUT2D eigenvalue weighted by Crippen LogP contribution is 2.26. The Morgan fingerprint density at radius 2 is 1.87 bits per heavy atom. The molecule has 1 heterocycles. The van der Waals surface area contributed by atoms with Gasteiger partial charge in [-0.3, -0.25) is 4.79 Å². The van der Waals surface area contributed by atoms with Gasteiger partial charge in [-0.2, -0.15) is 10.4 Å². The highest BCUT2D eigenvalue weighted by atomic mass is 16.1. The van der Waals surface area contributed by atoms with Crippen molar-refractivity contribution in [2.24, 2.45) is 0 Å². The zero-order chi connectivity index (χ0) is 16.4. The van der Waals surface area contributed by atoms with E-state index in [4.69, 9.17) is 0 Å². The number of hydrogen-bond acceptors (Lipinski definition) is 3.